The summed E-state index contributed by atoms with van der Waals surface area (Å²) < 4.78 is 0. The molecule has 4 heteroatoms. The van der Waals surface area contributed by atoms with E-state index in [1.165, 1.54) is 173 Å². The number of hydrogen-bond acceptors (Lipinski definition) is 3. The topological polar surface area (TPSA) is 69.6 Å². The van der Waals surface area contributed by atoms with E-state index < -0.39 is 12.1 Å². The van der Waals surface area contributed by atoms with Crippen LogP contribution in [0.4, 0.5) is 0 Å². The van der Waals surface area contributed by atoms with Gasteiger partial charge in [-0.3, -0.25) is 4.79 Å². The van der Waals surface area contributed by atoms with Crippen molar-refractivity contribution in [3.63, 3.8) is 0 Å². The zero-order chi connectivity index (χ0) is 49.2. The highest BCUT2D eigenvalue weighted by atomic mass is 16.3. The van der Waals surface area contributed by atoms with Crippen LogP contribution < -0.4 is 5.32 Å². The molecular formula is C64H111NO3. The Morgan fingerprint density at radius 3 is 1.03 bits per heavy atom. The summed E-state index contributed by atoms with van der Waals surface area (Å²) in [5.41, 5.74) is 0. The molecule has 390 valence electrons. The number of allylic oxidation sites excluding steroid dienone is 17. The number of amides is 1. The standard InChI is InChI=1S/C64H111NO3/c1-3-5-7-9-11-13-15-17-19-21-23-25-27-28-29-30-31-32-33-34-35-36-38-40-42-44-46-48-50-52-54-56-58-60-64(68)65-62(61-66)63(67)59-57-55-53-51-49-47-45-43-41-39-37-26-24-22-20-18-16-14-12-10-8-6-4-2/h5,7,11,13,17,19,23,25,28-29,31-32,34-35,49,51,57,59,62-63,66-67H,3-4,6,8-10,12,14-16,18,20-22,24,26-27,30,33,36-48,50,52-56,58,60-61H2,1-2H3,(H,65,68)/b7-5-,13-11-,19-17-,25-23-,29-28-,32-31-,35-34-,51-49+,59-57+. The first kappa shape index (κ1) is 65.0. The number of rotatable bonds is 52. The van der Waals surface area contributed by atoms with Crippen LogP contribution >= 0.6 is 0 Å². The quantitative estimate of drug-likeness (QED) is 0.0420. The monoisotopic (exact) mass is 942 g/mol. The van der Waals surface area contributed by atoms with Gasteiger partial charge in [-0.1, -0.05) is 284 Å². The van der Waals surface area contributed by atoms with Crippen LogP contribution in [0.2, 0.25) is 0 Å². The predicted octanol–water partition coefficient (Wildman–Crippen LogP) is 19.5. The Labute approximate surface area is 423 Å². The molecule has 0 radical (unpaired) electrons. The molecule has 0 aromatic carbocycles. The maximum absolute atomic E-state index is 12.5. The van der Waals surface area contributed by atoms with Crippen LogP contribution in [0.5, 0.6) is 0 Å². The van der Waals surface area contributed by atoms with E-state index >= 15 is 0 Å². The van der Waals surface area contributed by atoms with Crippen molar-refractivity contribution >= 4 is 5.91 Å². The summed E-state index contributed by atoms with van der Waals surface area (Å²) >= 11 is 0. The maximum atomic E-state index is 12.5. The van der Waals surface area contributed by atoms with Crippen molar-refractivity contribution in [1.82, 2.24) is 5.32 Å². The number of aliphatic hydroxyl groups is 2. The van der Waals surface area contributed by atoms with Gasteiger partial charge in [0.25, 0.3) is 0 Å². The van der Waals surface area contributed by atoms with E-state index in [1.54, 1.807) is 6.08 Å². The average Bonchev–Trinajstić information content (AvgIpc) is 3.34. The third-order valence-corrected chi connectivity index (χ3v) is 12.7. The Morgan fingerprint density at radius 2 is 0.662 bits per heavy atom. The summed E-state index contributed by atoms with van der Waals surface area (Å²) in [5, 5.41) is 23.2. The second-order valence-corrected chi connectivity index (χ2v) is 19.3. The Kier molecular flexibility index (Phi) is 55.8. The molecule has 0 spiro atoms. The Bertz CT molecular complexity index is 1300. The molecule has 4 nitrogen and oxygen atoms in total. The van der Waals surface area contributed by atoms with Crippen LogP contribution in [0, 0.1) is 0 Å². The molecule has 2 unspecified atom stereocenters. The van der Waals surface area contributed by atoms with Gasteiger partial charge in [0, 0.05) is 6.42 Å². The van der Waals surface area contributed by atoms with Crippen LogP contribution in [0.25, 0.3) is 0 Å². The fourth-order valence-corrected chi connectivity index (χ4v) is 8.35. The third-order valence-electron chi connectivity index (χ3n) is 12.7. The molecule has 2 atom stereocenters. The van der Waals surface area contributed by atoms with Crippen LogP contribution in [-0.4, -0.2) is 34.9 Å². The number of carbonyl (C=O) groups is 1. The molecule has 0 rings (SSSR count). The van der Waals surface area contributed by atoms with Crippen LogP contribution in [0.3, 0.4) is 0 Å². The summed E-state index contributed by atoms with van der Waals surface area (Å²) in [4.78, 5) is 12.5. The molecule has 3 N–H and O–H groups in total. The van der Waals surface area contributed by atoms with Gasteiger partial charge >= 0.3 is 0 Å². The van der Waals surface area contributed by atoms with Crippen molar-refractivity contribution < 1.29 is 15.0 Å². The van der Waals surface area contributed by atoms with Gasteiger partial charge in [-0.25, -0.2) is 0 Å². The predicted molar refractivity (Wildman–Crippen MR) is 303 cm³/mol. The van der Waals surface area contributed by atoms with Crippen molar-refractivity contribution in [2.75, 3.05) is 6.61 Å². The molecule has 0 aliphatic rings. The smallest absolute Gasteiger partial charge is 0.220 e. The van der Waals surface area contributed by atoms with E-state index in [0.717, 1.165) is 77.0 Å². The first-order valence-corrected chi connectivity index (χ1v) is 29.1. The number of nitrogens with one attached hydrogen (secondary N) is 1. The summed E-state index contributed by atoms with van der Waals surface area (Å²) in [5.74, 6) is -0.0795. The molecule has 0 aromatic heterocycles. The van der Waals surface area contributed by atoms with Crippen LogP contribution in [0.1, 0.15) is 271 Å². The van der Waals surface area contributed by atoms with E-state index in [1.807, 2.05) is 6.08 Å². The van der Waals surface area contributed by atoms with Gasteiger partial charge in [0.2, 0.25) is 5.91 Å². The van der Waals surface area contributed by atoms with Gasteiger partial charge in [-0.2, -0.15) is 0 Å². The maximum Gasteiger partial charge on any atom is 0.220 e. The van der Waals surface area contributed by atoms with Gasteiger partial charge in [-0.15, -0.1) is 0 Å². The number of hydrogen-bond donors (Lipinski definition) is 3. The normalized spacial score (nSPS) is 13.6. The molecule has 0 bridgehead atoms. The number of carbonyl (C=O) groups excluding carboxylic acids is 1. The van der Waals surface area contributed by atoms with Gasteiger partial charge in [0.1, 0.15) is 0 Å². The zero-order valence-electron chi connectivity index (χ0n) is 44.8. The molecule has 0 aliphatic heterocycles. The van der Waals surface area contributed by atoms with Gasteiger partial charge < -0.3 is 15.5 Å². The SMILES string of the molecule is CC/C=C\C/C=C\C/C=C\C/C=C\C/C=C\C/C=C\C/C=C\CCCCCCCCCCCCCC(=O)NC(CO)C(O)/C=C/CC/C=C/CCCCCCCCCCCCCCCCCCC. The minimum Gasteiger partial charge on any atom is -0.394 e. The van der Waals surface area contributed by atoms with Crippen LogP contribution in [0.15, 0.2) is 109 Å². The Morgan fingerprint density at radius 1 is 0.368 bits per heavy atom. The largest absolute Gasteiger partial charge is 0.394 e. The highest BCUT2D eigenvalue weighted by Crippen LogP contribution is 2.16. The van der Waals surface area contributed by atoms with Crippen molar-refractivity contribution in [3.8, 4) is 0 Å². The number of aliphatic hydroxyl groups excluding tert-OH is 2. The van der Waals surface area contributed by atoms with Crippen molar-refractivity contribution in [2.45, 2.75) is 283 Å². The lowest BCUT2D eigenvalue weighted by molar-refractivity contribution is -0.123. The molecule has 0 heterocycles. The van der Waals surface area contributed by atoms with E-state index in [9.17, 15) is 15.0 Å². The summed E-state index contributed by atoms with van der Waals surface area (Å²) in [6, 6.07) is -0.649. The molecular weight excluding hydrogens is 831 g/mol. The summed E-state index contributed by atoms with van der Waals surface area (Å²) in [6.07, 6.45) is 88.2. The lowest BCUT2D eigenvalue weighted by atomic mass is 10.0. The first-order valence-electron chi connectivity index (χ1n) is 29.1. The minimum absolute atomic E-state index is 0.0795. The first-order chi connectivity index (χ1) is 33.7. The fraction of sp³-hybridized carbons (Fsp3) is 0.703. The van der Waals surface area contributed by atoms with Crippen LogP contribution in [-0.2, 0) is 4.79 Å². The molecule has 0 aromatic rings. The second kappa shape index (κ2) is 58.4. The summed E-state index contributed by atoms with van der Waals surface area (Å²) in [6.45, 7) is 4.19. The van der Waals surface area contributed by atoms with Gasteiger partial charge in [0.15, 0.2) is 0 Å². The third kappa shape index (κ3) is 54.0. The molecule has 1 amide bonds. The molecule has 0 fully saturated rings. The lowest BCUT2D eigenvalue weighted by Crippen LogP contribution is -2.45. The van der Waals surface area contributed by atoms with E-state index in [4.69, 9.17) is 0 Å². The Hall–Kier alpha value is -2.95. The zero-order valence-corrected chi connectivity index (χ0v) is 44.8. The van der Waals surface area contributed by atoms with E-state index in [2.05, 4.69) is 116 Å². The molecule has 0 saturated heterocycles. The number of unbranched alkanes of at least 4 members (excludes halogenated alkanes) is 29. The van der Waals surface area contributed by atoms with Crippen molar-refractivity contribution in [3.05, 3.63) is 109 Å². The molecule has 0 aliphatic carbocycles. The minimum atomic E-state index is -0.871. The van der Waals surface area contributed by atoms with Crippen molar-refractivity contribution in [1.29, 1.82) is 0 Å². The van der Waals surface area contributed by atoms with Gasteiger partial charge in [0.05, 0.1) is 18.8 Å². The Balaban J connectivity index is 3.59. The van der Waals surface area contributed by atoms with E-state index in [0.29, 0.717) is 6.42 Å². The molecule has 68 heavy (non-hydrogen) atoms. The highest BCUT2D eigenvalue weighted by molar-refractivity contribution is 5.76. The van der Waals surface area contributed by atoms with Gasteiger partial charge in [-0.05, 0) is 89.9 Å². The van der Waals surface area contributed by atoms with E-state index in [-0.39, 0.29) is 12.5 Å². The highest BCUT2D eigenvalue weighted by Gasteiger charge is 2.18. The summed E-state index contributed by atoms with van der Waals surface area (Å²) in [7, 11) is 0. The lowest BCUT2D eigenvalue weighted by Gasteiger charge is -2.19. The average molecular weight is 943 g/mol. The molecule has 0 saturated carbocycles. The van der Waals surface area contributed by atoms with Crippen molar-refractivity contribution in [2.24, 2.45) is 0 Å². The fourth-order valence-electron chi connectivity index (χ4n) is 8.35. The second-order valence-electron chi connectivity index (χ2n) is 19.3.